The van der Waals surface area contributed by atoms with Crippen LogP contribution >= 0.6 is 15.9 Å². The van der Waals surface area contributed by atoms with E-state index in [0.717, 1.165) is 4.31 Å². The summed E-state index contributed by atoms with van der Waals surface area (Å²) in [5.74, 6) is -0.480. The van der Waals surface area contributed by atoms with Gasteiger partial charge in [-0.15, -0.1) is 0 Å². The maximum Gasteiger partial charge on any atom is 0.265 e. The molecular weight excluding hydrogens is 333 g/mol. The van der Waals surface area contributed by atoms with E-state index in [0.29, 0.717) is 4.47 Å². The fourth-order valence-electron chi connectivity index (χ4n) is 1.61. The van der Waals surface area contributed by atoms with Gasteiger partial charge in [-0.3, -0.25) is 4.31 Å². The number of hydrogen-bond acceptors (Lipinski definition) is 2. The molecule has 2 rings (SSSR count). The lowest BCUT2D eigenvalue weighted by molar-refractivity contribution is 0.593. The first kappa shape index (κ1) is 14.0. The van der Waals surface area contributed by atoms with E-state index in [9.17, 15) is 12.8 Å². The Hall–Kier alpha value is -1.40. The summed E-state index contributed by atoms with van der Waals surface area (Å²) in [7, 11) is -2.33. The fraction of sp³-hybridized carbons (Fsp3) is 0.0769. The minimum Gasteiger partial charge on any atom is -0.269 e. The summed E-state index contributed by atoms with van der Waals surface area (Å²) in [6.07, 6.45) is 0. The van der Waals surface area contributed by atoms with Gasteiger partial charge in [0.25, 0.3) is 10.0 Å². The van der Waals surface area contributed by atoms with E-state index in [2.05, 4.69) is 15.9 Å². The van der Waals surface area contributed by atoms with Gasteiger partial charge in [0.2, 0.25) is 0 Å². The molecule has 0 N–H and O–H groups in total. The third-order valence-electron chi connectivity index (χ3n) is 2.65. The highest BCUT2D eigenvalue weighted by Crippen LogP contribution is 2.27. The predicted octanol–water partition coefficient (Wildman–Crippen LogP) is 3.41. The Morgan fingerprint density at radius 2 is 1.79 bits per heavy atom. The van der Waals surface area contributed by atoms with Crippen molar-refractivity contribution < 1.29 is 12.8 Å². The number of hydrogen-bond donors (Lipinski definition) is 0. The van der Waals surface area contributed by atoms with Crippen molar-refractivity contribution in [3.63, 3.8) is 0 Å². The molecule has 0 aliphatic rings. The number of anilines is 1. The first-order valence-corrected chi connectivity index (χ1v) is 7.65. The van der Waals surface area contributed by atoms with Crippen LogP contribution in [0.15, 0.2) is 57.9 Å². The molecule has 0 spiro atoms. The van der Waals surface area contributed by atoms with E-state index in [1.54, 1.807) is 18.2 Å². The maximum absolute atomic E-state index is 13.2. The van der Waals surface area contributed by atoms with Crippen LogP contribution in [0, 0.1) is 5.82 Å². The highest BCUT2D eigenvalue weighted by atomic mass is 79.9. The molecule has 0 radical (unpaired) electrons. The Morgan fingerprint density at radius 1 is 1.11 bits per heavy atom. The summed E-state index contributed by atoms with van der Waals surface area (Å²) in [6, 6.07) is 12.0. The van der Waals surface area contributed by atoms with Crippen LogP contribution in [0.3, 0.4) is 0 Å². The van der Waals surface area contributed by atoms with Gasteiger partial charge in [-0.2, -0.15) is 0 Å². The van der Waals surface area contributed by atoms with E-state index in [-0.39, 0.29) is 10.6 Å². The molecule has 0 aliphatic carbocycles. The van der Waals surface area contributed by atoms with E-state index in [4.69, 9.17) is 0 Å². The van der Waals surface area contributed by atoms with E-state index in [1.807, 2.05) is 0 Å². The fourth-order valence-corrected chi connectivity index (χ4v) is 3.76. The molecule has 2 aromatic carbocycles. The summed E-state index contributed by atoms with van der Waals surface area (Å²) in [5.41, 5.74) is 0.274. The van der Waals surface area contributed by atoms with Crippen molar-refractivity contribution in [2.75, 3.05) is 11.4 Å². The van der Waals surface area contributed by atoms with E-state index >= 15 is 0 Å². The second-order valence-electron chi connectivity index (χ2n) is 3.88. The van der Waals surface area contributed by atoms with Gasteiger partial charge in [0.15, 0.2) is 0 Å². The molecule has 6 heteroatoms. The van der Waals surface area contributed by atoms with Crippen molar-refractivity contribution in [3.05, 3.63) is 58.8 Å². The smallest absolute Gasteiger partial charge is 0.265 e. The molecule has 0 saturated heterocycles. The standard InChI is InChI=1S/C13H11BrFNO2S/c1-16(11-6-4-5-10(15)9-11)19(17,18)13-8-3-2-7-12(13)14/h2-9H,1H3. The highest BCUT2D eigenvalue weighted by molar-refractivity contribution is 9.10. The van der Waals surface area contributed by atoms with Crippen LogP contribution < -0.4 is 4.31 Å². The topological polar surface area (TPSA) is 37.4 Å². The second kappa shape index (κ2) is 5.30. The number of nitrogens with zero attached hydrogens (tertiary/aromatic N) is 1. The molecule has 0 aromatic heterocycles. The van der Waals surface area contributed by atoms with Crippen LogP contribution in [0.5, 0.6) is 0 Å². The molecule has 0 amide bonds. The van der Waals surface area contributed by atoms with Gasteiger partial charge in [-0.1, -0.05) is 18.2 Å². The summed E-state index contributed by atoms with van der Waals surface area (Å²) in [5, 5.41) is 0. The average molecular weight is 344 g/mol. The minimum atomic E-state index is -3.72. The quantitative estimate of drug-likeness (QED) is 0.856. The van der Waals surface area contributed by atoms with Gasteiger partial charge in [-0.25, -0.2) is 12.8 Å². The zero-order valence-corrected chi connectivity index (χ0v) is 12.4. The second-order valence-corrected chi connectivity index (χ2v) is 6.67. The van der Waals surface area contributed by atoms with E-state index < -0.39 is 15.8 Å². The lowest BCUT2D eigenvalue weighted by Gasteiger charge is -2.20. The summed E-state index contributed by atoms with van der Waals surface area (Å²) < 4.78 is 39.6. The van der Waals surface area contributed by atoms with Crippen molar-refractivity contribution in [1.82, 2.24) is 0 Å². The average Bonchev–Trinajstić information content (AvgIpc) is 2.38. The molecule has 100 valence electrons. The lowest BCUT2D eigenvalue weighted by Crippen LogP contribution is -2.26. The number of sulfonamides is 1. The Bertz CT molecular complexity index is 703. The molecule has 0 fully saturated rings. The predicted molar refractivity (Wildman–Crippen MR) is 76.1 cm³/mol. The molecule has 0 aliphatic heterocycles. The van der Waals surface area contributed by atoms with Gasteiger partial charge in [-0.05, 0) is 46.3 Å². The molecular formula is C13H11BrFNO2S. The monoisotopic (exact) mass is 343 g/mol. The normalized spacial score (nSPS) is 11.3. The van der Waals surface area contributed by atoms with E-state index in [1.165, 1.54) is 37.4 Å². The number of halogens is 2. The largest absolute Gasteiger partial charge is 0.269 e. The van der Waals surface area contributed by atoms with Crippen molar-refractivity contribution >= 4 is 31.6 Å². The van der Waals surface area contributed by atoms with Crippen molar-refractivity contribution in [1.29, 1.82) is 0 Å². The molecule has 0 heterocycles. The summed E-state index contributed by atoms with van der Waals surface area (Å²) >= 11 is 3.21. The number of rotatable bonds is 3. The Morgan fingerprint density at radius 3 is 2.42 bits per heavy atom. The van der Waals surface area contributed by atoms with Crippen LogP contribution in [0.1, 0.15) is 0 Å². The maximum atomic E-state index is 13.2. The van der Waals surface area contributed by atoms with Gasteiger partial charge < -0.3 is 0 Å². The first-order chi connectivity index (χ1) is 8.93. The molecule has 19 heavy (non-hydrogen) atoms. The van der Waals surface area contributed by atoms with Crippen LogP contribution in [-0.2, 0) is 10.0 Å². The summed E-state index contributed by atoms with van der Waals surface area (Å²) in [4.78, 5) is 0.141. The zero-order chi connectivity index (χ0) is 14.0. The van der Waals surface area contributed by atoms with Crippen LogP contribution in [0.25, 0.3) is 0 Å². The van der Waals surface area contributed by atoms with Gasteiger partial charge in [0.05, 0.1) is 5.69 Å². The molecule has 0 saturated carbocycles. The molecule has 2 aromatic rings. The van der Waals surface area contributed by atoms with Gasteiger partial charge >= 0.3 is 0 Å². The van der Waals surface area contributed by atoms with Crippen molar-refractivity contribution in [2.45, 2.75) is 4.90 Å². The minimum absolute atomic E-state index is 0.141. The molecule has 0 unspecified atom stereocenters. The Balaban J connectivity index is 2.49. The first-order valence-electron chi connectivity index (χ1n) is 5.42. The van der Waals surface area contributed by atoms with Crippen molar-refractivity contribution in [2.24, 2.45) is 0 Å². The zero-order valence-electron chi connectivity index (χ0n) is 10.0. The third kappa shape index (κ3) is 2.79. The summed E-state index contributed by atoms with van der Waals surface area (Å²) in [6.45, 7) is 0. The van der Waals surface area contributed by atoms with Crippen LogP contribution in [-0.4, -0.2) is 15.5 Å². The third-order valence-corrected chi connectivity index (χ3v) is 5.44. The van der Waals surface area contributed by atoms with Crippen molar-refractivity contribution in [3.8, 4) is 0 Å². The lowest BCUT2D eigenvalue weighted by atomic mass is 10.3. The Kier molecular flexibility index (Phi) is 3.91. The number of benzene rings is 2. The van der Waals surface area contributed by atoms with Crippen LogP contribution in [0.4, 0.5) is 10.1 Å². The Labute approximate surface area is 119 Å². The van der Waals surface area contributed by atoms with Crippen LogP contribution in [0.2, 0.25) is 0 Å². The highest BCUT2D eigenvalue weighted by Gasteiger charge is 2.23. The SMILES string of the molecule is CN(c1cccc(F)c1)S(=O)(=O)c1ccccc1Br. The molecule has 0 bridgehead atoms. The molecule has 3 nitrogen and oxygen atoms in total. The molecule has 0 atom stereocenters. The van der Waals surface area contributed by atoms with Gasteiger partial charge in [0, 0.05) is 11.5 Å². The van der Waals surface area contributed by atoms with Gasteiger partial charge in [0.1, 0.15) is 10.7 Å².